The zero-order chi connectivity index (χ0) is 23.8. The van der Waals surface area contributed by atoms with Crippen molar-refractivity contribution in [2.75, 3.05) is 13.1 Å². The summed E-state index contributed by atoms with van der Waals surface area (Å²) >= 11 is 0. The van der Waals surface area contributed by atoms with Crippen molar-refractivity contribution in [3.8, 4) is 17.2 Å². The topological polar surface area (TPSA) is 78.6 Å². The SMILES string of the molecule is Cc1cn(-c2ccc3n(c2=O)CCN(C[C@]24C[C@@]2(C)Oc2ccc(OC(F)F)cc24)C3=O)cn1. The van der Waals surface area contributed by atoms with E-state index in [4.69, 9.17) is 4.74 Å². The quantitative estimate of drug-likeness (QED) is 0.576. The van der Waals surface area contributed by atoms with Gasteiger partial charge < -0.3 is 23.5 Å². The van der Waals surface area contributed by atoms with Crippen molar-refractivity contribution in [3.05, 3.63) is 70.2 Å². The van der Waals surface area contributed by atoms with Gasteiger partial charge in [-0.1, -0.05) is 0 Å². The van der Waals surface area contributed by atoms with Gasteiger partial charge in [-0.25, -0.2) is 4.98 Å². The lowest BCUT2D eigenvalue weighted by atomic mass is 9.92. The first-order chi connectivity index (χ1) is 16.2. The van der Waals surface area contributed by atoms with Crippen LogP contribution in [0.25, 0.3) is 5.69 Å². The fourth-order valence-electron chi connectivity index (χ4n) is 5.43. The van der Waals surface area contributed by atoms with Crippen LogP contribution in [-0.2, 0) is 12.0 Å². The first kappa shape index (κ1) is 20.9. The van der Waals surface area contributed by atoms with E-state index in [9.17, 15) is 18.4 Å². The molecule has 0 spiro atoms. The van der Waals surface area contributed by atoms with Crippen LogP contribution >= 0.6 is 0 Å². The molecule has 1 saturated carbocycles. The molecule has 0 bridgehead atoms. The van der Waals surface area contributed by atoms with Gasteiger partial charge in [-0.3, -0.25) is 9.59 Å². The summed E-state index contributed by atoms with van der Waals surface area (Å²) in [5, 5.41) is 0. The summed E-state index contributed by atoms with van der Waals surface area (Å²) in [6, 6.07) is 7.99. The van der Waals surface area contributed by atoms with Gasteiger partial charge in [0.25, 0.3) is 11.5 Å². The van der Waals surface area contributed by atoms with Crippen molar-refractivity contribution >= 4 is 5.91 Å². The van der Waals surface area contributed by atoms with Gasteiger partial charge in [-0.15, -0.1) is 0 Å². The third-order valence-electron chi connectivity index (χ3n) is 7.26. The molecular formula is C24H22F2N4O4. The Kier molecular flexibility index (Phi) is 4.24. The molecule has 0 saturated heterocycles. The molecule has 0 radical (unpaired) electrons. The minimum atomic E-state index is -2.92. The molecule has 3 aromatic rings. The zero-order valence-electron chi connectivity index (χ0n) is 18.6. The Balaban J connectivity index is 1.30. The highest BCUT2D eigenvalue weighted by Gasteiger charge is 2.73. The van der Waals surface area contributed by atoms with Crippen LogP contribution in [0.1, 0.15) is 35.1 Å². The van der Waals surface area contributed by atoms with Crippen LogP contribution in [0, 0.1) is 6.92 Å². The zero-order valence-corrected chi connectivity index (χ0v) is 18.6. The van der Waals surface area contributed by atoms with Gasteiger partial charge in [0.1, 0.15) is 28.5 Å². The normalized spacial score (nSPS) is 24.5. The number of alkyl halides is 2. The molecule has 10 heteroatoms. The van der Waals surface area contributed by atoms with Crippen LogP contribution in [0.5, 0.6) is 11.5 Å². The largest absolute Gasteiger partial charge is 0.486 e. The van der Waals surface area contributed by atoms with E-state index in [0.29, 0.717) is 43.2 Å². The van der Waals surface area contributed by atoms with Crippen LogP contribution in [0.4, 0.5) is 8.78 Å². The van der Waals surface area contributed by atoms with E-state index in [0.717, 1.165) is 11.3 Å². The Morgan fingerprint density at radius 3 is 2.76 bits per heavy atom. The van der Waals surface area contributed by atoms with Gasteiger partial charge in [0.05, 0.1) is 17.4 Å². The molecule has 8 nitrogen and oxygen atoms in total. The van der Waals surface area contributed by atoms with Crippen LogP contribution < -0.4 is 15.0 Å². The smallest absolute Gasteiger partial charge is 0.387 e. The fraction of sp³-hybridized carbons (Fsp3) is 0.375. The fourth-order valence-corrected chi connectivity index (χ4v) is 5.43. The molecule has 0 N–H and O–H groups in total. The lowest BCUT2D eigenvalue weighted by Gasteiger charge is -2.32. The Morgan fingerprint density at radius 2 is 2.03 bits per heavy atom. The lowest BCUT2D eigenvalue weighted by molar-refractivity contribution is -0.0499. The van der Waals surface area contributed by atoms with E-state index in [-0.39, 0.29) is 17.2 Å². The van der Waals surface area contributed by atoms with E-state index in [1.807, 2.05) is 13.8 Å². The first-order valence-corrected chi connectivity index (χ1v) is 11.0. The van der Waals surface area contributed by atoms with Crippen molar-refractivity contribution in [2.45, 2.75) is 44.4 Å². The molecule has 6 rings (SSSR count). The standard InChI is InChI=1S/C24H22F2N4O4/c1-14-10-29(13-27-14)17-4-5-18-20(31)28(7-8-30(18)21(17)32)12-24-11-23(24,2)34-19-6-3-15(9-16(19)24)33-22(25)26/h3-6,9-10,13,22H,7-8,11-12H2,1-2H3/t23-,24+/m1/s1. The monoisotopic (exact) mass is 468 g/mol. The predicted molar refractivity (Wildman–Crippen MR) is 117 cm³/mol. The molecule has 1 amide bonds. The number of halogens is 2. The molecule has 3 aliphatic rings. The molecule has 34 heavy (non-hydrogen) atoms. The molecule has 1 fully saturated rings. The van der Waals surface area contributed by atoms with Crippen molar-refractivity contribution < 1.29 is 23.0 Å². The summed E-state index contributed by atoms with van der Waals surface area (Å²) in [7, 11) is 0. The van der Waals surface area contributed by atoms with E-state index >= 15 is 0 Å². The first-order valence-electron chi connectivity index (χ1n) is 11.0. The summed E-state index contributed by atoms with van der Waals surface area (Å²) in [6.07, 6.45) is 4.00. The van der Waals surface area contributed by atoms with Gasteiger partial charge in [0, 0.05) is 37.8 Å². The third-order valence-corrected chi connectivity index (χ3v) is 7.26. The average Bonchev–Trinajstić information content (AvgIpc) is 3.03. The number of aryl methyl sites for hydroxylation is 1. The average molecular weight is 468 g/mol. The van der Waals surface area contributed by atoms with Crippen LogP contribution in [0.2, 0.25) is 0 Å². The lowest BCUT2D eigenvalue weighted by Crippen LogP contribution is -2.48. The number of hydrogen-bond acceptors (Lipinski definition) is 5. The Bertz CT molecular complexity index is 1400. The number of ether oxygens (including phenoxy) is 2. The van der Waals surface area contributed by atoms with Crippen molar-refractivity contribution in [1.82, 2.24) is 19.0 Å². The molecule has 176 valence electrons. The van der Waals surface area contributed by atoms with E-state index < -0.39 is 17.6 Å². The number of rotatable bonds is 5. The van der Waals surface area contributed by atoms with Gasteiger partial charge in [0.2, 0.25) is 0 Å². The summed E-state index contributed by atoms with van der Waals surface area (Å²) in [5.41, 5.74) is 1.05. The molecule has 0 unspecified atom stereocenters. The number of carbonyl (C=O) groups is 1. The number of hydrogen-bond donors (Lipinski definition) is 0. The molecule has 2 aromatic heterocycles. The van der Waals surface area contributed by atoms with E-state index in [2.05, 4.69) is 9.72 Å². The van der Waals surface area contributed by atoms with Crippen LogP contribution in [0.15, 0.2) is 47.7 Å². The third kappa shape index (κ3) is 2.90. The molecule has 1 aliphatic carbocycles. The number of imidazole rings is 1. The minimum absolute atomic E-state index is 0.0667. The molecular weight excluding hydrogens is 446 g/mol. The molecule has 2 aliphatic heterocycles. The number of amides is 1. The second-order valence-corrected chi connectivity index (χ2v) is 9.34. The predicted octanol–water partition coefficient (Wildman–Crippen LogP) is 2.89. The Labute approximate surface area is 193 Å². The van der Waals surface area contributed by atoms with Gasteiger partial charge in [0.15, 0.2) is 0 Å². The molecule has 2 atom stereocenters. The number of benzene rings is 1. The van der Waals surface area contributed by atoms with Crippen molar-refractivity contribution in [2.24, 2.45) is 0 Å². The van der Waals surface area contributed by atoms with Gasteiger partial charge in [-0.05, 0) is 44.2 Å². The van der Waals surface area contributed by atoms with E-state index in [1.165, 1.54) is 10.6 Å². The number of carbonyl (C=O) groups excluding carboxylic acids is 1. The van der Waals surface area contributed by atoms with Crippen molar-refractivity contribution in [1.29, 1.82) is 0 Å². The highest BCUT2D eigenvalue weighted by Crippen LogP contribution is 2.67. The number of pyridine rings is 1. The number of fused-ring (bicyclic) bond motifs is 4. The Morgan fingerprint density at radius 1 is 1.21 bits per heavy atom. The van der Waals surface area contributed by atoms with Gasteiger partial charge >= 0.3 is 6.61 Å². The molecule has 1 aromatic carbocycles. The second kappa shape index (κ2) is 6.91. The Hall–Kier alpha value is -3.69. The van der Waals surface area contributed by atoms with Crippen LogP contribution in [0.3, 0.4) is 0 Å². The molecule has 4 heterocycles. The number of nitrogens with zero attached hydrogens (tertiary/aromatic N) is 4. The van der Waals surface area contributed by atoms with Gasteiger partial charge in [-0.2, -0.15) is 8.78 Å². The minimum Gasteiger partial charge on any atom is -0.486 e. The number of aromatic nitrogens is 3. The highest BCUT2D eigenvalue weighted by molar-refractivity contribution is 5.93. The summed E-state index contributed by atoms with van der Waals surface area (Å²) in [6.45, 7) is 1.97. The maximum absolute atomic E-state index is 13.4. The maximum atomic E-state index is 13.4. The summed E-state index contributed by atoms with van der Waals surface area (Å²) < 4.78 is 39.4. The highest BCUT2D eigenvalue weighted by atomic mass is 19.3. The summed E-state index contributed by atoms with van der Waals surface area (Å²) in [4.78, 5) is 32.3. The van der Waals surface area contributed by atoms with Crippen LogP contribution in [-0.4, -0.2) is 50.2 Å². The van der Waals surface area contributed by atoms with Crippen molar-refractivity contribution in [3.63, 3.8) is 0 Å². The van der Waals surface area contributed by atoms with E-state index in [1.54, 1.807) is 46.3 Å². The second-order valence-electron chi connectivity index (χ2n) is 9.34. The maximum Gasteiger partial charge on any atom is 0.387 e. The summed E-state index contributed by atoms with van der Waals surface area (Å²) in [5.74, 6) is 0.447.